The molecular formula is C13H26N2O2. The van der Waals surface area contributed by atoms with Gasteiger partial charge in [0.05, 0.1) is 0 Å². The van der Waals surface area contributed by atoms with Crippen LogP contribution in [-0.2, 0) is 9.59 Å². The van der Waals surface area contributed by atoms with Crippen molar-refractivity contribution in [3.63, 3.8) is 0 Å². The molecule has 0 aromatic carbocycles. The van der Waals surface area contributed by atoms with E-state index in [2.05, 4.69) is 24.5 Å². The van der Waals surface area contributed by atoms with Crippen LogP contribution >= 0.6 is 0 Å². The predicted molar refractivity (Wildman–Crippen MR) is 69.6 cm³/mol. The molecule has 0 heterocycles. The van der Waals surface area contributed by atoms with E-state index in [0.717, 1.165) is 6.42 Å². The van der Waals surface area contributed by atoms with Crippen molar-refractivity contribution in [1.82, 2.24) is 10.6 Å². The van der Waals surface area contributed by atoms with Gasteiger partial charge in [0.15, 0.2) is 0 Å². The summed E-state index contributed by atoms with van der Waals surface area (Å²) in [4.78, 5) is 22.3. The van der Waals surface area contributed by atoms with Gasteiger partial charge in [0, 0.05) is 25.4 Å². The fraction of sp³-hybridized carbons (Fsp3) is 0.846. The van der Waals surface area contributed by atoms with Gasteiger partial charge in [0.2, 0.25) is 11.8 Å². The van der Waals surface area contributed by atoms with Crippen molar-refractivity contribution >= 4 is 11.8 Å². The van der Waals surface area contributed by atoms with Gasteiger partial charge in [0.1, 0.15) is 0 Å². The second-order valence-electron chi connectivity index (χ2n) is 6.04. The van der Waals surface area contributed by atoms with E-state index in [0.29, 0.717) is 13.0 Å². The van der Waals surface area contributed by atoms with Gasteiger partial charge in [-0.15, -0.1) is 0 Å². The fourth-order valence-electron chi connectivity index (χ4n) is 2.13. The van der Waals surface area contributed by atoms with Crippen LogP contribution in [0.5, 0.6) is 0 Å². The third-order valence-corrected chi connectivity index (χ3v) is 2.54. The van der Waals surface area contributed by atoms with Crippen LogP contribution in [0.15, 0.2) is 0 Å². The van der Waals surface area contributed by atoms with Crippen LogP contribution < -0.4 is 10.6 Å². The molecule has 100 valence electrons. The van der Waals surface area contributed by atoms with Gasteiger partial charge in [-0.3, -0.25) is 9.59 Å². The largest absolute Gasteiger partial charge is 0.356 e. The van der Waals surface area contributed by atoms with E-state index in [9.17, 15) is 9.59 Å². The number of carbonyl (C=O) groups is 2. The topological polar surface area (TPSA) is 58.2 Å². The first-order chi connectivity index (χ1) is 7.58. The summed E-state index contributed by atoms with van der Waals surface area (Å²) in [6.07, 6.45) is 1.31. The Morgan fingerprint density at radius 2 is 1.65 bits per heavy atom. The standard InChI is InChI=1S/C13H26N2O2/c1-7-11(17)15-13(5,6)8-12(3,4)9-14-10(2)16/h7-9H2,1-6H3,(H,14,16)(H,15,17). The first kappa shape index (κ1) is 15.9. The van der Waals surface area contributed by atoms with Crippen molar-refractivity contribution in [3.05, 3.63) is 0 Å². The summed E-state index contributed by atoms with van der Waals surface area (Å²) in [7, 11) is 0. The Bertz CT molecular complexity index is 283. The van der Waals surface area contributed by atoms with Crippen LogP contribution in [-0.4, -0.2) is 23.9 Å². The Morgan fingerprint density at radius 1 is 1.12 bits per heavy atom. The average Bonchev–Trinajstić information content (AvgIpc) is 2.12. The molecule has 4 nitrogen and oxygen atoms in total. The normalized spacial score (nSPS) is 12.1. The molecule has 0 saturated carbocycles. The molecule has 0 aromatic heterocycles. The van der Waals surface area contributed by atoms with Crippen molar-refractivity contribution in [2.24, 2.45) is 5.41 Å². The third-order valence-electron chi connectivity index (χ3n) is 2.54. The average molecular weight is 242 g/mol. The third kappa shape index (κ3) is 7.77. The van der Waals surface area contributed by atoms with E-state index in [1.807, 2.05) is 20.8 Å². The molecule has 0 aromatic rings. The van der Waals surface area contributed by atoms with Crippen molar-refractivity contribution in [2.45, 2.75) is 59.9 Å². The number of hydrogen-bond acceptors (Lipinski definition) is 2. The van der Waals surface area contributed by atoms with Crippen LogP contribution in [0, 0.1) is 5.41 Å². The van der Waals surface area contributed by atoms with Crippen molar-refractivity contribution in [3.8, 4) is 0 Å². The predicted octanol–water partition coefficient (Wildman–Crippen LogP) is 1.84. The van der Waals surface area contributed by atoms with Gasteiger partial charge in [-0.05, 0) is 25.7 Å². The maximum absolute atomic E-state index is 11.4. The van der Waals surface area contributed by atoms with Crippen LogP contribution in [0.4, 0.5) is 0 Å². The maximum Gasteiger partial charge on any atom is 0.220 e. The molecule has 0 saturated heterocycles. The summed E-state index contributed by atoms with van der Waals surface area (Å²) in [5.74, 6) is 0.0406. The first-order valence-electron chi connectivity index (χ1n) is 6.13. The molecule has 0 atom stereocenters. The fourth-order valence-corrected chi connectivity index (χ4v) is 2.13. The minimum absolute atomic E-state index is 0.0199. The molecule has 0 unspecified atom stereocenters. The zero-order valence-electron chi connectivity index (χ0n) is 11.9. The highest BCUT2D eigenvalue weighted by Crippen LogP contribution is 2.27. The molecule has 17 heavy (non-hydrogen) atoms. The smallest absolute Gasteiger partial charge is 0.220 e. The van der Waals surface area contributed by atoms with Crippen LogP contribution in [0.25, 0.3) is 0 Å². The first-order valence-corrected chi connectivity index (χ1v) is 6.13. The molecule has 2 N–H and O–H groups in total. The molecule has 0 spiro atoms. The lowest BCUT2D eigenvalue weighted by atomic mass is 9.80. The lowest BCUT2D eigenvalue weighted by Gasteiger charge is -2.35. The lowest BCUT2D eigenvalue weighted by molar-refractivity contribution is -0.123. The highest BCUT2D eigenvalue weighted by molar-refractivity contribution is 5.76. The number of amides is 2. The lowest BCUT2D eigenvalue weighted by Crippen LogP contribution is -2.48. The molecule has 0 radical (unpaired) electrons. The van der Waals surface area contributed by atoms with Crippen molar-refractivity contribution < 1.29 is 9.59 Å². The summed E-state index contributed by atoms with van der Waals surface area (Å²) in [5.41, 5.74) is -0.300. The van der Waals surface area contributed by atoms with Gasteiger partial charge < -0.3 is 10.6 Å². The highest BCUT2D eigenvalue weighted by atomic mass is 16.2. The Kier molecular flexibility index (Phi) is 5.66. The van der Waals surface area contributed by atoms with Gasteiger partial charge in [0.25, 0.3) is 0 Å². The zero-order valence-corrected chi connectivity index (χ0v) is 11.9. The van der Waals surface area contributed by atoms with Crippen LogP contribution in [0.3, 0.4) is 0 Å². The molecular weight excluding hydrogens is 216 g/mol. The number of nitrogens with one attached hydrogen (secondary N) is 2. The Morgan fingerprint density at radius 3 is 2.06 bits per heavy atom. The van der Waals surface area contributed by atoms with Gasteiger partial charge in [-0.1, -0.05) is 20.8 Å². The van der Waals surface area contributed by atoms with E-state index in [4.69, 9.17) is 0 Å². The number of hydrogen-bond donors (Lipinski definition) is 2. The summed E-state index contributed by atoms with van der Waals surface area (Å²) < 4.78 is 0. The molecule has 0 rings (SSSR count). The molecule has 4 heteroatoms. The summed E-state index contributed by atoms with van der Waals surface area (Å²) in [6.45, 7) is 12.2. The monoisotopic (exact) mass is 242 g/mol. The van der Waals surface area contributed by atoms with Crippen LogP contribution in [0.2, 0.25) is 0 Å². The minimum atomic E-state index is -0.255. The van der Waals surface area contributed by atoms with Crippen molar-refractivity contribution in [2.75, 3.05) is 6.54 Å². The second kappa shape index (κ2) is 6.03. The van der Waals surface area contributed by atoms with E-state index in [1.54, 1.807) is 0 Å². The van der Waals surface area contributed by atoms with Crippen molar-refractivity contribution in [1.29, 1.82) is 0 Å². The van der Waals surface area contributed by atoms with E-state index in [-0.39, 0.29) is 22.8 Å². The highest BCUT2D eigenvalue weighted by Gasteiger charge is 2.29. The van der Waals surface area contributed by atoms with Gasteiger partial charge >= 0.3 is 0 Å². The maximum atomic E-state index is 11.4. The quantitative estimate of drug-likeness (QED) is 0.746. The van der Waals surface area contributed by atoms with E-state index >= 15 is 0 Å². The number of carbonyl (C=O) groups excluding carboxylic acids is 2. The van der Waals surface area contributed by atoms with E-state index in [1.165, 1.54) is 6.92 Å². The second-order valence-corrected chi connectivity index (χ2v) is 6.04. The molecule has 0 bridgehead atoms. The molecule has 2 amide bonds. The van der Waals surface area contributed by atoms with E-state index < -0.39 is 0 Å². The summed E-state index contributed by atoms with van der Waals surface area (Å²) in [5, 5.41) is 5.82. The Labute approximate surface area is 105 Å². The summed E-state index contributed by atoms with van der Waals surface area (Å²) in [6, 6.07) is 0. The van der Waals surface area contributed by atoms with Gasteiger partial charge in [-0.25, -0.2) is 0 Å². The van der Waals surface area contributed by atoms with Crippen LogP contribution in [0.1, 0.15) is 54.4 Å². The number of rotatable bonds is 6. The molecule has 0 aliphatic heterocycles. The zero-order chi connectivity index (χ0) is 13.7. The summed E-state index contributed by atoms with van der Waals surface area (Å²) >= 11 is 0. The minimum Gasteiger partial charge on any atom is -0.356 e. The molecule has 0 fully saturated rings. The van der Waals surface area contributed by atoms with Gasteiger partial charge in [-0.2, -0.15) is 0 Å². The SMILES string of the molecule is CCC(=O)NC(C)(C)CC(C)(C)CNC(C)=O. The Hall–Kier alpha value is -1.06. The Balaban J connectivity index is 4.36. The molecule has 0 aliphatic rings. The molecule has 0 aliphatic carbocycles.